The van der Waals surface area contributed by atoms with E-state index >= 15 is 0 Å². The van der Waals surface area contributed by atoms with Gasteiger partial charge in [-0.1, -0.05) is 0 Å². The van der Waals surface area contributed by atoms with E-state index in [4.69, 9.17) is 46.6 Å². The van der Waals surface area contributed by atoms with Gasteiger partial charge >= 0.3 is 0 Å². The van der Waals surface area contributed by atoms with Crippen molar-refractivity contribution in [3.05, 3.63) is 20.2 Å². The summed E-state index contributed by atoms with van der Waals surface area (Å²) >= 11 is 0. The monoisotopic (exact) mass is 432 g/mol. The van der Waals surface area contributed by atoms with Crippen molar-refractivity contribution in [1.82, 2.24) is 4.90 Å². The van der Waals surface area contributed by atoms with Crippen LogP contribution in [0.1, 0.15) is 6.42 Å². The number of rotatable bonds is 7. The summed E-state index contributed by atoms with van der Waals surface area (Å²) in [5.41, 5.74) is 5.32. The Kier molecular flexibility index (Phi) is 70.6. The van der Waals surface area contributed by atoms with Crippen molar-refractivity contribution in [2.24, 2.45) is 5.73 Å². The van der Waals surface area contributed by atoms with Gasteiger partial charge in [-0.3, -0.25) is 4.90 Å². The Morgan fingerprint density at radius 2 is 1.09 bits per heavy atom. The zero-order valence-corrected chi connectivity index (χ0v) is 15.2. The molecule has 23 heavy (non-hydrogen) atoms. The summed E-state index contributed by atoms with van der Waals surface area (Å²) in [5.74, 6) is 0. The molecule has 148 valence electrons. The van der Waals surface area contributed by atoms with Crippen molar-refractivity contribution >= 4 is 49.6 Å². The Morgan fingerprint density at radius 1 is 0.826 bits per heavy atom. The van der Waals surface area contributed by atoms with E-state index < -0.39 is 10.2 Å². The number of halogens is 4. The van der Waals surface area contributed by atoms with Crippen LogP contribution >= 0.6 is 49.6 Å². The number of aliphatic hydroxyl groups is 2. The van der Waals surface area contributed by atoms with Crippen LogP contribution in [0.15, 0.2) is 0 Å². The molecule has 0 atom stereocenters. The van der Waals surface area contributed by atoms with Crippen LogP contribution in [0.2, 0.25) is 0 Å². The fourth-order valence-corrected chi connectivity index (χ4v) is 0.933. The van der Waals surface area contributed by atoms with Gasteiger partial charge in [-0.2, -0.15) is 0 Å². The van der Waals surface area contributed by atoms with Crippen molar-refractivity contribution < 1.29 is 30.8 Å². The fraction of sp³-hybridized carbons (Fsp3) is 1.00. The van der Waals surface area contributed by atoms with Crippen LogP contribution in [0.3, 0.4) is 0 Å². The molecular weight excluding hydrogens is 410 g/mol. The van der Waals surface area contributed by atoms with Crippen LogP contribution < -0.4 is 5.73 Å². The molecule has 0 saturated heterocycles. The Bertz CT molecular complexity index is 207. The van der Waals surface area contributed by atoms with Crippen LogP contribution in [0, 0.1) is 20.2 Å². The third-order valence-corrected chi connectivity index (χ3v) is 1.51. The van der Waals surface area contributed by atoms with Gasteiger partial charge in [0.25, 0.3) is 10.2 Å². The largest absolute Gasteiger partial charge is 0.395 e. The Hall–Kier alpha value is -0.600. The second-order valence-corrected chi connectivity index (χ2v) is 2.91. The van der Waals surface area contributed by atoms with Gasteiger partial charge in [0, 0.05) is 13.1 Å². The van der Waals surface area contributed by atoms with Crippen molar-refractivity contribution in [3.63, 3.8) is 0 Å². The second kappa shape index (κ2) is 37.6. The van der Waals surface area contributed by atoms with Gasteiger partial charge in [0.15, 0.2) is 0 Å². The van der Waals surface area contributed by atoms with E-state index in [1.807, 2.05) is 4.90 Å². The van der Waals surface area contributed by atoms with Crippen molar-refractivity contribution in [3.8, 4) is 0 Å². The molecule has 16 heteroatoms. The van der Waals surface area contributed by atoms with Crippen LogP contribution in [0.4, 0.5) is 0 Å². The summed E-state index contributed by atoms with van der Waals surface area (Å²) in [4.78, 5) is 18.7. The van der Waals surface area contributed by atoms with Gasteiger partial charge in [0.1, 0.15) is 0 Å². The van der Waals surface area contributed by atoms with E-state index in [0.717, 1.165) is 13.0 Å². The molecule has 0 aromatic carbocycles. The lowest BCUT2D eigenvalue weighted by atomic mass is 10.3. The highest BCUT2D eigenvalue weighted by Crippen LogP contribution is 1.88. The topological polar surface area (TPSA) is 196 Å². The van der Waals surface area contributed by atoms with Crippen molar-refractivity contribution in [2.75, 3.05) is 39.4 Å². The van der Waals surface area contributed by atoms with E-state index in [0.29, 0.717) is 19.6 Å². The highest BCUT2D eigenvalue weighted by Gasteiger charge is 2.00. The van der Waals surface area contributed by atoms with E-state index in [2.05, 4.69) is 0 Å². The molecule has 0 aliphatic rings. The first-order valence-corrected chi connectivity index (χ1v) is 5.12. The average molecular weight is 434 g/mol. The van der Waals surface area contributed by atoms with Gasteiger partial charge in [-0.25, -0.2) is 0 Å². The summed E-state index contributed by atoms with van der Waals surface area (Å²) in [6.07, 6.45) is 0.917. The van der Waals surface area contributed by atoms with E-state index in [1.54, 1.807) is 0 Å². The SMILES string of the molecule is Cl.Cl.Cl.Cl.NCCCN(CCO)CCO.O=[N+]([O-])O.O=[N+]([O-])O. The first-order chi connectivity index (χ1) is 8.81. The summed E-state index contributed by atoms with van der Waals surface area (Å²) in [5, 5.41) is 44.5. The van der Waals surface area contributed by atoms with Gasteiger partial charge in [0.05, 0.1) is 13.2 Å². The van der Waals surface area contributed by atoms with Crippen LogP contribution in [-0.2, 0) is 0 Å². The third-order valence-electron chi connectivity index (χ3n) is 1.51. The Labute approximate surface area is 157 Å². The number of nitrogens with zero attached hydrogens (tertiary/aromatic N) is 3. The molecule has 0 aromatic rings. The first kappa shape index (κ1) is 43.3. The summed E-state index contributed by atoms with van der Waals surface area (Å²) in [7, 11) is 0. The highest BCUT2D eigenvalue weighted by molar-refractivity contribution is 5.86. The average Bonchev–Trinajstić information content (AvgIpc) is 2.25. The summed E-state index contributed by atoms with van der Waals surface area (Å²) in [6, 6.07) is 0. The lowest BCUT2D eigenvalue weighted by Crippen LogP contribution is -2.31. The molecule has 6 N–H and O–H groups in total. The number of aliphatic hydroxyl groups excluding tert-OH is 2. The Morgan fingerprint density at radius 3 is 1.26 bits per heavy atom. The molecule has 0 spiro atoms. The van der Waals surface area contributed by atoms with E-state index in [-0.39, 0.29) is 62.8 Å². The molecular formula is C7H24Cl4N4O8. The van der Waals surface area contributed by atoms with Crippen LogP contribution in [0.5, 0.6) is 0 Å². The minimum absolute atomic E-state index is 0. The molecule has 0 unspecified atom stereocenters. The molecule has 0 fully saturated rings. The molecule has 0 aliphatic carbocycles. The standard InChI is InChI=1S/C7H18N2O2.4ClH.2HNO3/c8-2-1-3-9(4-6-10)5-7-11;;;;;2*2-1(3)4/h10-11H,1-8H2;4*1H;2*(H,2,3,4). The lowest BCUT2D eigenvalue weighted by molar-refractivity contribution is -0.742. The van der Waals surface area contributed by atoms with Crippen molar-refractivity contribution in [1.29, 1.82) is 0 Å². The maximum atomic E-state index is 8.61. The fourth-order valence-electron chi connectivity index (χ4n) is 0.933. The first-order valence-electron chi connectivity index (χ1n) is 5.12. The van der Waals surface area contributed by atoms with Crippen molar-refractivity contribution in [2.45, 2.75) is 6.42 Å². The molecule has 0 rings (SSSR count). The minimum Gasteiger partial charge on any atom is -0.395 e. The van der Waals surface area contributed by atoms with Gasteiger partial charge in [-0.05, 0) is 19.5 Å². The van der Waals surface area contributed by atoms with Gasteiger partial charge in [-0.15, -0.1) is 69.9 Å². The predicted octanol–water partition coefficient (Wildman–Crippen LogP) is -0.386. The number of hydrogen-bond donors (Lipinski definition) is 5. The summed E-state index contributed by atoms with van der Waals surface area (Å²) in [6.45, 7) is 3.06. The maximum absolute atomic E-state index is 8.61. The molecule has 0 amide bonds. The summed E-state index contributed by atoms with van der Waals surface area (Å²) < 4.78 is 0. The zero-order valence-electron chi connectivity index (χ0n) is 11.9. The highest BCUT2D eigenvalue weighted by atomic mass is 35.5. The maximum Gasteiger partial charge on any atom is 0.291 e. The zero-order chi connectivity index (χ0) is 15.7. The minimum atomic E-state index is -1.50. The van der Waals surface area contributed by atoms with Crippen LogP contribution in [-0.4, -0.2) is 75.1 Å². The second-order valence-electron chi connectivity index (χ2n) is 2.91. The number of nitrogens with two attached hydrogens (primary N) is 1. The smallest absolute Gasteiger partial charge is 0.291 e. The molecule has 0 heterocycles. The van der Waals surface area contributed by atoms with E-state index in [1.165, 1.54) is 0 Å². The quantitative estimate of drug-likeness (QED) is 0.260. The molecule has 0 radical (unpaired) electrons. The normalized spacial score (nSPS) is 7.30. The predicted molar refractivity (Wildman–Crippen MR) is 90.8 cm³/mol. The van der Waals surface area contributed by atoms with Gasteiger partial charge < -0.3 is 26.4 Å². The van der Waals surface area contributed by atoms with Crippen LogP contribution in [0.25, 0.3) is 0 Å². The molecule has 12 nitrogen and oxygen atoms in total. The van der Waals surface area contributed by atoms with E-state index in [9.17, 15) is 0 Å². The molecule has 0 bridgehead atoms. The molecule has 0 aromatic heterocycles. The third kappa shape index (κ3) is 91.2. The Balaban J connectivity index is -0.0000000368. The lowest BCUT2D eigenvalue weighted by Gasteiger charge is -2.19. The molecule has 0 aliphatic heterocycles. The van der Waals surface area contributed by atoms with Gasteiger partial charge in [0.2, 0.25) is 0 Å². The number of hydrogen-bond acceptors (Lipinski definition) is 8. The molecule has 0 saturated carbocycles.